The summed E-state index contributed by atoms with van der Waals surface area (Å²) < 4.78 is 12.5. The SMILES string of the molecule is COc1cc2nc3nc(Nc4cc(Cl)ccc4C)[nH]n3c2cc1OC. The van der Waals surface area contributed by atoms with Crippen LogP contribution in [0.25, 0.3) is 16.8 Å². The van der Waals surface area contributed by atoms with Crippen molar-refractivity contribution in [3.8, 4) is 11.5 Å². The highest BCUT2D eigenvalue weighted by Crippen LogP contribution is 2.32. The molecule has 7 nitrogen and oxygen atoms in total. The number of nitrogens with zero attached hydrogens (tertiary/aromatic N) is 3. The van der Waals surface area contributed by atoms with Crippen LogP contribution in [0.5, 0.6) is 11.5 Å². The molecule has 0 radical (unpaired) electrons. The highest BCUT2D eigenvalue weighted by Gasteiger charge is 2.14. The highest BCUT2D eigenvalue weighted by molar-refractivity contribution is 6.30. The maximum Gasteiger partial charge on any atom is 0.253 e. The van der Waals surface area contributed by atoms with Gasteiger partial charge in [0.25, 0.3) is 5.78 Å². The molecule has 0 aliphatic carbocycles. The van der Waals surface area contributed by atoms with Gasteiger partial charge in [0.15, 0.2) is 11.5 Å². The third-order valence-electron chi connectivity index (χ3n) is 4.02. The van der Waals surface area contributed by atoms with Crippen LogP contribution in [0.3, 0.4) is 0 Å². The fourth-order valence-corrected chi connectivity index (χ4v) is 2.89. The van der Waals surface area contributed by atoms with Crippen molar-refractivity contribution in [1.29, 1.82) is 0 Å². The van der Waals surface area contributed by atoms with E-state index in [4.69, 9.17) is 21.1 Å². The number of hydrogen-bond acceptors (Lipinski definition) is 5. The molecule has 2 aromatic carbocycles. The molecule has 0 bridgehead atoms. The van der Waals surface area contributed by atoms with E-state index in [1.807, 2.05) is 37.3 Å². The van der Waals surface area contributed by atoms with Crippen molar-refractivity contribution in [2.24, 2.45) is 0 Å². The van der Waals surface area contributed by atoms with E-state index in [9.17, 15) is 0 Å². The number of anilines is 2. The molecule has 8 heteroatoms. The lowest BCUT2D eigenvalue weighted by molar-refractivity contribution is 0.355. The average molecular weight is 358 g/mol. The lowest BCUT2D eigenvalue weighted by Gasteiger charge is -2.07. The summed E-state index contributed by atoms with van der Waals surface area (Å²) in [6.45, 7) is 2.00. The van der Waals surface area contributed by atoms with Crippen molar-refractivity contribution in [1.82, 2.24) is 19.6 Å². The first kappa shape index (κ1) is 15.6. The smallest absolute Gasteiger partial charge is 0.253 e. The Labute approximate surface area is 148 Å². The average Bonchev–Trinajstić information content (AvgIpc) is 3.13. The van der Waals surface area contributed by atoms with E-state index in [-0.39, 0.29) is 0 Å². The Hall–Kier alpha value is -2.93. The zero-order valence-corrected chi connectivity index (χ0v) is 14.7. The first-order chi connectivity index (χ1) is 12.1. The molecule has 2 aromatic heterocycles. The van der Waals surface area contributed by atoms with Crippen molar-refractivity contribution in [2.45, 2.75) is 6.92 Å². The van der Waals surface area contributed by atoms with E-state index >= 15 is 0 Å². The fourth-order valence-electron chi connectivity index (χ4n) is 2.72. The fraction of sp³-hybridized carbons (Fsp3) is 0.176. The summed E-state index contributed by atoms with van der Waals surface area (Å²) in [6.07, 6.45) is 0. The van der Waals surface area contributed by atoms with Crippen molar-refractivity contribution >= 4 is 40.0 Å². The van der Waals surface area contributed by atoms with Crippen LogP contribution < -0.4 is 14.8 Å². The molecular weight excluding hydrogens is 342 g/mol. The van der Waals surface area contributed by atoms with Gasteiger partial charge in [-0.1, -0.05) is 17.7 Å². The molecule has 0 atom stereocenters. The molecule has 0 aliphatic rings. The number of ether oxygens (including phenoxy) is 2. The molecule has 25 heavy (non-hydrogen) atoms. The molecule has 0 amide bonds. The minimum atomic E-state index is 0.549. The second kappa shape index (κ2) is 5.86. The van der Waals surface area contributed by atoms with Gasteiger partial charge in [0, 0.05) is 22.8 Å². The Bertz CT molecular complexity index is 1090. The van der Waals surface area contributed by atoms with E-state index < -0.39 is 0 Å². The first-order valence-electron chi connectivity index (χ1n) is 7.62. The Kier molecular flexibility index (Phi) is 3.65. The normalized spacial score (nSPS) is 11.2. The molecule has 2 N–H and O–H groups in total. The van der Waals surface area contributed by atoms with Gasteiger partial charge in [0.2, 0.25) is 5.95 Å². The molecule has 0 spiro atoms. The zero-order chi connectivity index (χ0) is 17.6. The third-order valence-corrected chi connectivity index (χ3v) is 4.26. The van der Waals surface area contributed by atoms with Gasteiger partial charge in [0.05, 0.1) is 25.3 Å². The van der Waals surface area contributed by atoms with E-state index in [0.29, 0.717) is 28.2 Å². The van der Waals surface area contributed by atoms with Gasteiger partial charge in [-0.25, -0.2) is 9.50 Å². The van der Waals surface area contributed by atoms with Crippen LogP contribution in [-0.2, 0) is 0 Å². The number of benzene rings is 2. The number of nitrogens with one attached hydrogen (secondary N) is 2. The van der Waals surface area contributed by atoms with Gasteiger partial charge >= 0.3 is 0 Å². The monoisotopic (exact) mass is 357 g/mol. The predicted molar refractivity (Wildman–Crippen MR) is 97.4 cm³/mol. The van der Waals surface area contributed by atoms with Crippen molar-refractivity contribution in [2.75, 3.05) is 19.5 Å². The number of aromatic nitrogens is 4. The quantitative estimate of drug-likeness (QED) is 0.578. The molecule has 4 aromatic rings. The number of methoxy groups -OCH3 is 2. The van der Waals surface area contributed by atoms with Crippen molar-refractivity contribution < 1.29 is 9.47 Å². The van der Waals surface area contributed by atoms with Crippen LogP contribution >= 0.6 is 11.6 Å². The standard InChI is InChI=1S/C17H16ClN5O2/c1-9-4-5-10(18)6-11(9)19-16-21-17-20-12-7-14(24-2)15(25-3)8-13(12)23(17)22-16/h4-8H,1-3H3,(H2,19,20,21,22). The topological polar surface area (TPSA) is 76.5 Å². The van der Waals surface area contributed by atoms with E-state index in [1.165, 1.54) is 0 Å². The maximum atomic E-state index is 6.07. The highest BCUT2D eigenvalue weighted by atomic mass is 35.5. The lowest BCUT2D eigenvalue weighted by Crippen LogP contribution is -1.96. The number of imidazole rings is 1. The molecule has 0 fully saturated rings. The maximum absolute atomic E-state index is 6.07. The minimum Gasteiger partial charge on any atom is -0.493 e. The van der Waals surface area contributed by atoms with Gasteiger partial charge in [-0.2, -0.15) is 4.98 Å². The van der Waals surface area contributed by atoms with Gasteiger partial charge in [-0.3, -0.25) is 5.10 Å². The van der Waals surface area contributed by atoms with E-state index in [2.05, 4.69) is 20.4 Å². The minimum absolute atomic E-state index is 0.549. The number of fused-ring (bicyclic) bond motifs is 3. The molecule has 0 saturated carbocycles. The largest absolute Gasteiger partial charge is 0.493 e. The molecule has 0 unspecified atom stereocenters. The number of aromatic amines is 1. The van der Waals surface area contributed by atoms with E-state index in [1.54, 1.807) is 18.7 Å². The van der Waals surface area contributed by atoms with Crippen molar-refractivity contribution in [3.63, 3.8) is 0 Å². The molecule has 2 heterocycles. The summed E-state index contributed by atoms with van der Waals surface area (Å²) in [4.78, 5) is 9.01. The molecule has 128 valence electrons. The summed E-state index contributed by atoms with van der Waals surface area (Å²) in [7, 11) is 3.20. The summed E-state index contributed by atoms with van der Waals surface area (Å²) in [5.74, 6) is 2.38. The number of aryl methyl sites for hydroxylation is 1. The number of H-pyrrole nitrogens is 1. The Balaban J connectivity index is 1.79. The van der Waals surface area contributed by atoms with Gasteiger partial charge in [0.1, 0.15) is 0 Å². The molecular formula is C17H16ClN5O2. The van der Waals surface area contributed by atoms with Crippen LogP contribution in [-0.4, -0.2) is 33.8 Å². The zero-order valence-electron chi connectivity index (χ0n) is 13.9. The third kappa shape index (κ3) is 2.62. The summed E-state index contributed by atoms with van der Waals surface area (Å²) in [5, 5.41) is 7.09. The van der Waals surface area contributed by atoms with Crippen LogP contribution in [0.4, 0.5) is 11.6 Å². The Morgan fingerprint density at radius 1 is 1.08 bits per heavy atom. The molecule has 0 saturated heterocycles. The van der Waals surface area contributed by atoms with Crippen LogP contribution in [0.2, 0.25) is 5.02 Å². The lowest BCUT2D eigenvalue weighted by atomic mass is 10.2. The summed E-state index contributed by atoms with van der Waals surface area (Å²) in [5.41, 5.74) is 3.56. The second-order valence-corrected chi connectivity index (χ2v) is 6.04. The van der Waals surface area contributed by atoms with Crippen LogP contribution in [0.1, 0.15) is 5.56 Å². The van der Waals surface area contributed by atoms with E-state index in [0.717, 1.165) is 22.3 Å². The molecule has 4 rings (SSSR count). The molecule has 0 aliphatic heterocycles. The summed E-state index contributed by atoms with van der Waals surface area (Å²) in [6, 6.07) is 9.34. The Morgan fingerprint density at radius 2 is 1.84 bits per heavy atom. The first-order valence-corrected chi connectivity index (χ1v) is 8.00. The Morgan fingerprint density at radius 3 is 2.60 bits per heavy atom. The van der Waals surface area contributed by atoms with Crippen LogP contribution in [0.15, 0.2) is 30.3 Å². The summed E-state index contributed by atoms with van der Waals surface area (Å²) >= 11 is 6.07. The number of rotatable bonds is 4. The predicted octanol–water partition coefficient (Wildman–Crippen LogP) is 3.93. The van der Waals surface area contributed by atoms with Gasteiger partial charge < -0.3 is 14.8 Å². The van der Waals surface area contributed by atoms with Gasteiger partial charge in [-0.05, 0) is 24.6 Å². The second-order valence-electron chi connectivity index (χ2n) is 5.60. The van der Waals surface area contributed by atoms with Crippen LogP contribution in [0, 0.1) is 6.92 Å². The number of halogens is 1. The van der Waals surface area contributed by atoms with Crippen molar-refractivity contribution in [3.05, 3.63) is 40.9 Å². The van der Waals surface area contributed by atoms with Gasteiger partial charge in [-0.15, -0.1) is 0 Å². The number of hydrogen-bond donors (Lipinski definition) is 2.